The average molecular weight is 367 g/mol. The molecule has 0 aliphatic carbocycles. The zero-order chi connectivity index (χ0) is 17.8. The molecule has 1 aromatic rings. The molecular weight excluding hydrogens is 336 g/mol. The van der Waals surface area contributed by atoms with Crippen molar-refractivity contribution in [3.05, 3.63) is 5.69 Å². The molecule has 2 atom stereocenters. The van der Waals surface area contributed by atoms with Crippen LogP contribution in [0.4, 0.5) is 11.8 Å². The van der Waals surface area contributed by atoms with E-state index in [4.69, 9.17) is 14.7 Å². The van der Waals surface area contributed by atoms with E-state index in [0.29, 0.717) is 11.8 Å². The van der Waals surface area contributed by atoms with E-state index in [0.717, 1.165) is 80.1 Å². The first-order chi connectivity index (χ1) is 12.1. The van der Waals surface area contributed by atoms with Crippen LogP contribution in [0.1, 0.15) is 45.2 Å². The molecule has 3 rings (SSSR count). The lowest BCUT2D eigenvalue weighted by molar-refractivity contribution is 0.0645. The van der Waals surface area contributed by atoms with Gasteiger partial charge in [-0.3, -0.25) is 4.21 Å². The first-order valence-electron chi connectivity index (χ1n) is 9.43. The molecule has 6 nitrogen and oxygen atoms in total. The Morgan fingerprint density at radius 2 is 2.12 bits per heavy atom. The molecule has 2 aliphatic heterocycles. The van der Waals surface area contributed by atoms with Crippen LogP contribution in [0.3, 0.4) is 0 Å². The quantitative estimate of drug-likeness (QED) is 0.800. The van der Waals surface area contributed by atoms with Gasteiger partial charge in [0.25, 0.3) is 0 Å². The van der Waals surface area contributed by atoms with Crippen molar-refractivity contribution in [3.63, 3.8) is 0 Å². The highest BCUT2D eigenvalue weighted by atomic mass is 32.2. The summed E-state index contributed by atoms with van der Waals surface area (Å²) in [5.41, 5.74) is 0.951. The van der Waals surface area contributed by atoms with Crippen molar-refractivity contribution in [1.82, 2.24) is 9.97 Å². The SMILES string of the molecule is CC[C@H](C)Nc1nc(N(C)CCC2CCOCC2)nc2c1[S@](=O)CC2. The van der Waals surface area contributed by atoms with Crippen LogP contribution in [0.25, 0.3) is 0 Å². The van der Waals surface area contributed by atoms with Crippen molar-refractivity contribution in [2.75, 3.05) is 42.8 Å². The van der Waals surface area contributed by atoms with Gasteiger partial charge in [0.1, 0.15) is 10.7 Å². The number of hydrogen-bond donors (Lipinski definition) is 1. The van der Waals surface area contributed by atoms with Crippen LogP contribution in [0, 0.1) is 5.92 Å². The number of fused-ring (bicyclic) bond motifs is 1. The molecule has 140 valence electrons. The topological polar surface area (TPSA) is 67.3 Å². The fourth-order valence-corrected chi connectivity index (χ4v) is 4.61. The lowest BCUT2D eigenvalue weighted by Gasteiger charge is -2.25. The summed E-state index contributed by atoms with van der Waals surface area (Å²) in [5.74, 6) is 2.91. The van der Waals surface area contributed by atoms with E-state index in [2.05, 4.69) is 31.1 Å². The molecule has 7 heteroatoms. The van der Waals surface area contributed by atoms with E-state index in [1.165, 1.54) is 0 Å². The molecule has 25 heavy (non-hydrogen) atoms. The summed E-state index contributed by atoms with van der Waals surface area (Å²) in [4.78, 5) is 12.4. The van der Waals surface area contributed by atoms with Crippen molar-refractivity contribution >= 4 is 22.6 Å². The van der Waals surface area contributed by atoms with E-state index in [9.17, 15) is 4.21 Å². The highest BCUT2D eigenvalue weighted by molar-refractivity contribution is 7.85. The molecule has 0 spiro atoms. The second-order valence-electron chi connectivity index (χ2n) is 7.17. The number of rotatable bonds is 7. The standard InChI is InChI=1S/C18H30N4O2S/c1-4-13(2)19-17-16-15(8-12-25(16)23)20-18(21-17)22(3)9-5-14-6-10-24-11-7-14/h13-14H,4-12H2,1-3H3,(H,19,20,21)/t13-,25+/m0/s1. The first kappa shape index (κ1) is 18.6. The third kappa shape index (κ3) is 4.50. The van der Waals surface area contributed by atoms with Gasteiger partial charge in [-0.2, -0.15) is 4.98 Å². The van der Waals surface area contributed by atoms with Crippen LogP contribution >= 0.6 is 0 Å². The monoisotopic (exact) mass is 366 g/mol. The number of ether oxygens (including phenoxy) is 1. The first-order valence-corrected chi connectivity index (χ1v) is 10.7. The predicted octanol–water partition coefficient (Wildman–Crippen LogP) is 2.60. The summed E-state index contributed by atoms with van der Waals surface area (Å²) in [6.07, 6.45) is 5.22. The summed E-state index contributed by atoms with van der Waals surface area (Å²) >= 11 is 0. The molecule has 0 unspecified atom stereocenters. The van der Waals surface area contributed by atoms with Crippen molar-refractivity contribution in [1.29, 1.82) is 0 Å². The zero-order valence-corrected chi connectivity index (χ0v) is 16.4. The molecule has 3 heterocycles. The molecule has 1 fully saturated rings. The average Bonchev–Trinajstić information content (AvgIpc) is 3.01. The van der Waals surface area contributed by atoms with Crippen LogP contribution in [0.2, 0.25) is 0 Å². The summed E-state index contributed by atoms with van der Waals surface area (Å²) < 4.78 is 17.8. The van der Waals surface area contributed by atoms with Gasteiger partial charge in [-0.15, -0.1) is 0 Å². The minimum atomic E-state index is -0.977. The van der Waals surface area contributed by atoms with Crippen molar-refractivity contribution < 1.29 is 8.95 Å². The fourth-order valence-electron chi connectivity index (χ4n) is 3.30. The fraction of sp³-hybridized carbons (Fsp3) is 0.778. The molecule has 0 bridgehead atoms. The predicted molar refractivity (Wildman–Crippen MR) is 102 cm³/mol. The Hall–Kier alpha value is -1.21. The molecule has 2 aliphatic rings. The summed E-state index contributed by atoms with van der Waals surface area (Å²) in [6, 6.07) is 0.303. The Morgan fingerprint density at radius 1 is 1.36 bits per heavy atom. The van der Waals surface area contributed by atoms with Gasteiger partial charge in [0, 0.05) is 45.0 Å². The molecule has 1 aromatic heterocycles. The van der Waals surface area contributed by atoms with E-state index in [1.54, 1.807) is 0 Å². The molecule has 0 saturated carbocycles. The molecular formula is C18H30N4O2S. The maximum Gasteiger partial charge on any atom is 0.227 e. The lowest BCUT2D eigenvalue weighted by Crippen LogP contribution is -2.26. The Labute approximate surface area is 153 Å². The highest BCUT2D eigenvalue weighted by Crippen LogP contribution is 2.30. The number of hydrogen-bond acceptors (Lipinski definition) is 6. The maximum atomic E-state index is 12.3. The molecule has 0 amide bonds. The molecule has 1 N–H and O–H groups in total. The van der Waals surface area contributed by atoms with Crippen molar-refractivity contribution in [3.8, 4) is 0 Å². The van der Waals surface area contributed by atoms with E-state index >= 15 is 0 Å². The Kier molecular flexibility index (Phi) is 6.28. The number of aromatic nitrogens is 2. The zero-order valence-electron chi connectivity index (χ0n) is 15.6. The van der Waals surface area contributed by atoms with Gasteiger partial charge >= 0.3 is 0 Å². The second kappa shape index (κ2) is 8.45. The van der Waals surface area contributed by atoms with Crippen molar-refractivity contribution in [2.24, 2.45) is 5.92 Å². The van der Waals surface area contributed by atoms with E-state index in [-0.39, 0.29) is 0 Å². The summed E-state index contributed by atoms with van der Waals surface area (Å²) in [6.45, 7) is 6.98. The van der Waals surface area contributed by atoms with Crippen molar-refractivity contribution in [2.45, 2.75) is 56.9 Å². The van der Waals surface area contributed by atoms with E-state index in [1.807, 2.05) is 0 Å². The third-order valence-corrected chi connectivity index (χ3v) is 6.69. The molecule has 0 radical (unpaired) electrons. The van der Waals surface area contributed by atoms with Gasteiger partial charge in [-0.1, -0.05) is 6.92 Å². The molecule has 1 saturated heterocycles. The number of anilines is 2. The number of aryl methyl sites for hydroxylation is 1. The highest BCUT2D eigenvalue weighted by Gasteiger charge is 2.27. The van der Waals surface area contributed by atoms with Crippen LogP contribution in [-0.2, 0) is 22.0 Å². The lowest BCUT2D eigenvalue weighted by atomic mass is 9.96. The van der Waals surface area contributed by atoms with E-state index < -0.39 is 10.8 Å². The van der Waals surface area contributed by atoms with Crippen LogP contribution in [-0.4, -0.2) is 52.8 Å². The largest absolute Gasteiger partial charge is 0.381 e. The van der Waals surface area contributed by atoms with Crippen LogP contribution < -0.4 is 10.2 Å². The number of nitrogens with zero attached hydrogens (tertiary/aromatic N) is 3. The van der Waals surface area contributed by atoms with Crippen LogP contribution in [0.5, 0.6) is 0 Å². The Balaban J connectivity index is 1.74. The van der Waals surface area contributed by atoms with Gasteiger partial charge < -0.3 is 15.0 Å². The summed E-state index contributed by atoms with van der Waals surface area (Å²) in [7, 11) is 1.08. The Morgan fingerprint density at radius 3 is 2.84 bits per heavy atom. The number of nitrogens with one attached hydrogen (secondary N) is 1. The normalized spacial score (nSPS) is 21.8. The van der Waals surface area contributed by atoms with Gasteiger partial charge in [0.05, 0.1) is 16.5 Å². The van der Waals surface area contributed by atoms with Gasteiger partial charge in [-0.05, 0) is 38.5 Å². The minimum Gasteiger partial charge on any atom is -0.381 e. The second-order valence-corrected chi connectivity index (χ2v) is 8.67. The van der Waals surface area contributed by atoms with Gasteiger partial charge in [-0.25, -0.2) is 4.98 Å². The third-order valence-electron chi connectivity index (χ3n) is 5.23. The minimum absolute atomic E-state index is 0.303. The van der Waals surface area contributed by atoms with Gasteiger partial charge in [0.15, 0.2) is 0 Å². The van der Waals surface area contributed by atoms with Gasteiger partial charge in [0.2, 0.25) is 5.95 Å². The summed E-state index contributed by atoms with van der Waals surface area (Å²) in [5, 5.41) is 3.44. The van der Waals surface area contributed by atoms with Crippen LogP contribution in [0.15, 0.2) is 4.90 Å². The Bertz CT molecular complexity index is 619. The smallest absolute Gasteiger partial charge is 0.227 e. The maximum absolute atomic E-state index is 12.3. The molecule has 0 aromatic carbocycles.